The molecule has 0 spiro atoms. The maximum absolute atomic E-state index is 12.6. The van der Waals surface area contributed by atoms with Gasteiger partial charge in [-0.25, -0.2) is 13.2 Å². The molecular weight excluding hydrogens is 392 g/mol. The first-order valence-corrected chi connectivity index (χ1v) is 11.0. The summed E-state index contributed by atoms with van der Waals surface area (Å²) in [6.45, 7) is 7.09. The van der Waals surface area contributed by atoms with Gasteiger partial charge in [-0.05, 0) is 68.7 Å². The maximum Gasteiger partial charge on any atom is 0.338 e. The van der Waals surface area contributed by atoms with Crippen molar-refractivity contribution in [1.29, 1.82) is 0 Å². The molecule has 0 unspecified atom stereocenters. The number of hydrogen-bond donors (Lipinski definition) is 1. The molecule has 0 aliphatic heterocycles. The summed E-state index contributed by atoms with van der Waals surface area (Å²) in [7, 11) is -3.67. The van der Waals surface area contributed by atoms with Gasteiger partial charge in [-0.3, -0.25) is 9.10 Å². The number of nitrogens with one attached hydrogen (secondary N) is 1. The highest BCUT2D eigenvalue weighted by atomic mass is 32.2. The summed E-state index contributed by atoms with van der Waals surface area (Å²) in [5, 5.41) is 2.72. The van der Waals surface area contributed by atoms with Crippen LogP contribution in [0.2, 0.25) is 0 Å². The molecule has 7 nitrogen and oxygen atoms in total. The summed E-state index contributed by atoms with van der Waals surface area (Å²) in [6.07, 6.45) is 1.07. The number of amides is 1. The zero-order chi connectivity index (χ0) is 21.8. The van der Waals surface area contributed by atoms with E-state index >= 15 is 0 Å². The number of ether oxygens (including phenoxy) is 1. The van der Waals surface area contributed by atoms with Gasteiger partial charge in [0.15, 0.2) is 0 Å². The zero-order valence-corrected chi connectivity index (χ0v) is 18.1. The molecule has 156 valence electrons. The molecule has 8 heteroatoms. The topological polar surface area (TPSA) is 92.8 Å². The van der Waals surface area contributed by atoms with Gasteiger partial charge >= 0.3 is 5.97 Å². The molecule has 0 fully saturated rings. The Morgan fingerprint density at radius 1 is 1.07 bits per heavy atom. The molecule has 2 aromatic rings. The molecule has 0 radical (unpaired) electrons. The van der Waals surface area contributed by atoms with Crippen molar-refractivity contribution in [3.8, 4) is 0 Å². The van der Waals surface area contributed by atoms with Crippen LogP contribution in [0.25, 0.3) is 0 Å². The second-order valence-electron chi connectivity index (χ2n) is 6.79. The van der Waals surface area contributed by atoms with Crippen molar-refractivity contribution >= 4 is 33.3 Å². The Kier molecular flexibility index (Phi) is 7.02. The van der Waals surface area contributed by atoms with Crippen molar-refractivity contribution in [1.82, 2.24) is 0 Å². The second kappa shape index (κ2) is 9.09. The van der Waals surface area contributed by atoms with Crippen molar-refractivity contribution in [2.75, 3.05) is 29.0 Å². The van der Waals surface area contributed by atoms with Crippen LogP contribution in [-0.2, 0) is 19.6 Å². The number of esters is 1. The minimum atomic E-state index is -3.67. The van der Waals surface area contributed by atoms with Crippen LogP contribution in [-0.4, -0.2) is 39.7 Å². The number of nitrogens with zero attached hydrogens (tertiary/aromatic N) is 1. The standard InChI is InChI=1S/C21H26N2O5S/c1-6-28-21(25)17-10-11-18(15(3)12-17)22-20(24)13-23(29(5,26)27)19-9-7-8-14(2)16(19)4/h7-12H,6,13H2,1-5H3,(H,22,24). The van der Waals surface area contributed by atoms with Crippen molar-refractivity contribution < 1.29 is 22.7 Å². The average Bonchev–Trinajstić information content (AvgIpc) is 2.63. The third-order valence-electron chi connectivity index (χ3n) is 4.54. The number of hydrogen-bond acceptors (Lipinski definition) is 5. The smallest absolute Gasteiger partial charge is 0.338 e. The van der Waals surface area contributed by atoms with Crippen LogP contribution >= 0.6 is 0 Å². The number of carbonyl (C=O) groups excluding carboxylic acids is 2. The van der Waals surface area contributed by atoms with Gasteiger partial charge in [-0.15, -0.1) is 0 Å². The number of sulfonamides is 1. The van der Waals surface area contributed by atoms with Crippen LogP contribution in [0.3, 0.4) is 0 Å². The third-order valence-corrected chi connectivity index (χ3v) is 5.67. The van der Waals surface area contributed by atoms with E-state index in [1.165, 1.54) is 0 Å². The molecule has 2 rings (SSSR count). The van der Waals surface area contributed by atoms with Crippen LogP contribution in [0, 0.1) is 20.8 Å². The molecule has 0 aliphatic rings. The van der Waals surface area contributed by atoms with Crippen LogP contribution in [0.1, 0.15) is 34.0 Å². The van der Waals surface area contributed by atoms with Gasteiger partial charge < -0.3 is 10.1 Å². The highest BCUT2D eigenvalue weighted by molar-refractivity contribution is 7.92. The van der Waals surface area contributed by atoms with E-state index in [0.29, 0.717) is 22.5 Å². The van der Waals surface area contributed by atoms with E-state index in [4.69, 9.17) is 4.74 Å². The zero-order valence-electron chi connectivity index (χ0n) is 17.3. The Hall–Kier alpha value is -2.87. The lowest BCUT2D eigenvalue weighted by Gasteiger charge is -2.24. The lowest BCUT2D eigenvalue weighted by Crippen LogP contribution is -2.38. The fourth-order valence-electron chi connectivity index (χ4n) is 2.85. The van der Waals surface area contributed by atoms with Gasteiger partial charge in [0, 0.05) is 5.69 Å². The fraction of sp³-hybridized carbons (Fsp3) is 0.333. The van der Waals surface area contributed by atoms with E-state index in [9.17, 15) is 18.0 Å². The molecule has 0 aliphatic carbocycles. The summed E-state index contributed by atoms with van der Waals surface area (Å²) in [4.78, 5) is 24.4. The highest BCUT2D eigenvalue weighted by Crippen LogP contribution is 2.25. The van der Waals surface area contributed by atoms with Crippen LogP contribution < -0.4 is 9.62 Å². The largest absolute Gasteiger partial charge is 0.462 e. The molecule has 1 amide bonds. The van der Waals surface area contributed by atoms with Crippen LogP contribution in [0.15, 0.2) is 36.4 Å². The molecular formula is C21H26N2O5S. The molecule has 0 saturated carbocycles. The molecule has 1 N–H and O–H groups in total. The predicted octanol–water partition coefficient (Wildman–Crippen LogP) is 3.19. The van der Waals surface area contributed by atoms with E-state index in [-0.39, 0.29) is 13.2 Å². The maximum atomic E-state index is 12.6. The molecule has 0 heterocycles. The van der Waals surface area contributed by atoms with Crippen LogP contribution in [0.4, 0.5) is 11.4 Å². The van der Waals surface area contributed by atoms with Crippen molar-refractivity contribution in [2.24, 2.45) is 0 Å². The van der Waals surface area contributed by atoms with Gasteiger partial charge in [0.05, 0.1) is 24.1 Å². The van der Waals surface area contributed by atoms with E-state index in [0.717, 1.165) is 21.7 Å². The fourth-order valence-corrected chi connectivity index (χ4v) is 3.76. The lowest BCUT2D eigenvalue weighted by molar-refractivity contribution is -0.114. The summed E-state index contributed by atoms with van der Waals surface area (Å²) < 4.78 is 30.7. The van der Waals surface area contributed by atoms with E-state index < -0.39 is 21.9 Å². The normalized spacial score (nSPS) is 11.1. The Morgan fingerprint density at radius 2 is 1.76 bits per heavy atom. The molecule has 0 aromatic heterocycles. The van der Waals surface area contributed by atoms with Crippen molar-refractivity contribution in [3.05, 3.63) is 58.7 Å². The number of aryl methyl sites for hydroxylation is 2. The summed E-state index contributed by atoms with van der Waals surface area (Å²) in [6, 6.07) is 10.1. The third kappa shape index (κ3) is 5.57. The van der Waals surface area contributed by atoms with Gasteiger partial charge in [-0.2, -0.15) is 0 Å². The molecule has 0 bridgehead atoms. The quantitative estimate of drug-likeness (QED) is 0.697. The molecule has 0 saturated heterocycles. The van der Waals surface area contributed by atoms with Crippen LogP contribution in [0.5, 0.6) is 0 Å². The predicted molar refractivity (Wildman–Crippen MR) is 114 cm³/mol. The molecule has 29 heavy (non-hydrogen) atoms. The summed E-state index contributed by atoms with van der Waals surface area (Å²) in [5.74, 6) is -0.921. The van der Waals surface area contributed by atoms with E-state index in [2.05, 4.69) is 5.32 Å². The minimum absolute atomic E-state index is 0.274. The first kappa shape index (κ1) is 22.4. The number of rotatable bonds is 7. The van der Waals surface area contributed by atoms with Gasteiger partial charge in [0.1, 0.15) is 6.54 Å². The summed E-state index contributed by atoms with van der Waals surface area (Å²) >= 11 is 0. The average molecular weight is 419 g/mol. The monoisotopic (exact) mass is 418 g/mol. The Bertz CT molecular complexity index is 1030. The van der Waals surface area contributed by atoms with Gasteiger partial charge in [0.25, 0.3) is 0 Å². The summed E-state index contributed by atoms with van der Waals surface area (Å²) in [5.41, 5.74) is 3.74. The lowest BCUT2D eigenvalue weighted by atomic mass is 10.1. The van der Waals surface area contributed by atoms with Crippen molar-refractivity contribution in [3.63, 3.8) is 0 Å². The second-order valence-corrected chi connectivity index (χ2v) is 8.69. The Morgan fingerprint density at radius 3 is 2.34 bits per heavy atom. The Balaban J connectivity index is 2.23. The minimum Gasteiger partial charge on any atom is -0.462 e. The van der Waals surface area contributed by atoms with Gasteiger partial charge in [-0.1, -0.05) is 12.1 Å². The highest BCUT2D eigenvalue weighted by Gasteiger charge is 2.23. The van der Waals surface area contributed by atoms with Crippen molar-refractivity contribution in [2.45, 2.75) is 27.7 Å². The van der Waals surface area contributed by atoms with E-state index in [1.807, 2.05) is 19.9 Å². The molecule has 0 atom stereocenters. The Labute approximate surface area is 171 Å². The number of carbonyl (C=O) groups is 2. The number of benzene rings is 2. The van der Waals surface area contributed by atoms with Gasteiger partial charge in [0.2, 0.25) is 15.9 Å². The molecule has 2 aromatic carbocycles. The first-order chi connectivity index (χ1) is 13.5. The van der Waals surface area contributed by atoms with E-state index in [1.54, 1.807) is 44.2 Å². The number of anilines is 2. The SMILES string of the molecule is CCOC(=O)c1ccc(NC(=O)CN(c2cccc(C)c2C)S(C)(=O)=O)c(C)c1. The first-order valence-electron chi connectivity index (χ1n) is 9.16.